The molecule has 0 spiro atoms. The molecule has 42 heteroatoms. The van der Waals surface area contributed by atoms with E-state index in [1.807, 2.05) is 46.8 Å². The Morgan fingerprint density at radius 2 is 1.22 bits per heavy atom. The van der Waals surface area contributed by atoms with Gasteiger partial charge in [-0.15, -0.1) is 0 Å². The monoisotopic (exact) mass is 1860 g/mol. The third kappa shape index (κ3) is 22.4. The molecule has 133 heavy (non-hydrogen) atoms. The van der Waals surface area contributed by atoms with Gasteiger partial charge in [0.1, 0.15) is 72.9 Å². The van der Waals surface area contributed by atoms with Crippen LogP contribution in [0.5, 0.6) is 17.2 Å². The van der Waals surface area contributed by atoms with Crippen molar-refractivity contribution in [3.8, 4) is 28.4 Å². The third-order valence-electron chi connectivity index (χ3n) is 24.5. The summed E-state index contributed by atoms with van der Waals surface area (Å²) in [5.41, 5.74) is 3.96. The Balaban J connectivity index is 0.582. The van der Waals surface area contributed by atoms with E-state index in [9.17, 15) is 98.7 Å². The first-order valence-corrected chi connectivity index (χ1v) is 43.9. The summed E-state index contributed by atoms with van der Waals surface area (Å²) in [5, 5.41) is 112. The summed E-state index contributed by atoms with van der Waals surface area (Å²) < 4.78 is 54.5. The number of nitrogens with zero attached hydrogens (tertiary/aromatic N) is 7. The lowest BCUT2D eigenvalue weighted by Gasteiger charge is -2.69. The van der Waals surface area contributed by atoms with Gasteiger partial charge in [0, 0.05) is 119 Å². The molecule has 4 aliphatic carbocycles. The second kappa shape index (κ2) is 41.1. The summed E-state index contributed by atoms with van der Waals surface area (Å²) in [6.07, 6.45) is -7.38. The molecule has 41 nitrogen and oxygen atoms in total. The van der Waals surface area contributed by atoms with Gasteiger partial charge in [-0.05, 0) is 158 Å². The highest BCUT2D eigenvalue weighted by atomic mass is 32.1. The van der Waals surface area contributed by atoms with E-state index in [0.717, 1.165) is 76.2 Å². The van der Waals surface area contributed by atoms with Crippen LogP contribution in [0, 0.1) is 23.2 Å². The molecule has 2 saturated heterocycles. The van der Waals surface area contributed by atoms with E-state index in [-0.39, 0.29) is 129 Å². The molecule has 8 aliphatic rings. The second-order valence-corrected chi connectivity index (χ2v) is 35.8. The molecule has 7 aromatic rings. The number of hydrogen-bond donors (Lipinski definition) is 14. The van der Waals surface area contributed by atoms with E-state index in [1.54, 1.807) is 37.6 Å². The van der Waals surface area contributed by atoms with Gasteiger partial charge >= 0.3 is 30.1 Å². The lowest BCUT2D eigenvalue weighted by atomic mass is 9.39. The number of fused-ring (bicyclic) bond motifs is 2. The number of alkyl carbamates (subject to hydrolysis) is 1. The quantitative estimate of drug-likeness (QED) is 0.0216. The van der Waals surface area contributed by atoms with Crippen LogP contribution >= 0.6 is 11.3 Å². The number of anilines is 4. The van der Waals surface area contributed by atoms with Crippen LogP contribution in [0.1, 0.15) is 120 Å². The number of hydrogen-bond acceptors (Lipinski definition) is 31. The Kier molecular flexibility index (Phi) is 29.7. The zero-order valence-corrected chi connectivity index (χ0v) is 74.0. The molecular weight excluding hydrogens is 1760 g/mol. The SMILES string of the molecule is COCCN(CCOC12CC3(C)CC(C)(CC(Cn4ncc(-c5ccc(N6CCc7c(OC)ccc(C(=O)Nc8nc9ccccc9s8)c7C6)nc5C(=O)O)c4C)(C3)C1)C2)C(=O)OC/C=C/c1ccc(O[C@@H]2O[C@H](C(=O)O)[C@@H](O)[C@H](O)[C@H]2O)c(NC(=O)CCNC(=O)OC/C=C/c2ccc(O[C@@H]3O[C@H](C(=O)O)[C@@H](O)[C@H](O)[C@H]3O)c(NC(=O)CCNC(=O)CCN3C(=O)C=CC3=O)c2)c1. The number of amides is 8. The van der Waals surface area contributed by atoms with Gasteiger partial charge in [0.2, 0.25) is 30.3 Å². The fourth-order valence-corrected chi connectivity index (χ4v) is 20.4. The third-order valence-corrected chi connectivity index (χ3v) is 25.5. The number of aromatic carboxylic acids is 1. The largest absolute Gasteiger partial charge is 0.496 e. The molecular formula is C91H104N12O29S. The predicted molar refractivity (Wildman–Crippen MR) is 472 cm³/mol. The molecule has 4 bridgehead atoms. The smallest absolute Gasteiger partial charge is 0.410 e. The standard InChI is InChI=1S/C91H104N12O29S/c1-49-55(53-17-21-64(98-70(53)80(116)117)101-30-26-52-56(41-101)54(16-20-60(52)125-5)79(115)99-85-97-57-12-6-7-13-63(57)133-85)40-94-103(49)48-90-43-88(2)42-89(3,44-90)46-91(45-88,47-90)128-37-33-100(32-36-124-4)87(123)127-35-9-11-51-15-19-62(130-84-76(114)72(110)74(112)78(132-84)82(120)121)59(39-51)96-67(106)25-29-93-86(122)126-34-8-10-50-14-18-61(129-83-75(113)71(109)73(111)77(131-83)81(118)119)58(38-50)95-66(105)24-28-92-65(104)27-31-102-68(107)22-23-69(102)108/h6-23,38-40,71-78,83-84,109-114H,24-37,41-48H2,1-5H3,(H,92,104)(H,93,122)(H,95,105)(H,96,106)(H,116,117)(H,118,119)(H,120,121)(H,97,99,115)/b10-8+,11-9+/t71-,72-,73-,74-,75+,76+,77-,78-,83+,84+,88?,89?,90?,91?/m0/s1. The first kappa shape index (κ1) is 96.2. The Labute approximate surface area is 764 Å². The van der Waals surface area contributed by atoms with Crippen LogP contribution in [0.3, 0.4) is 0 Å². The lowest BCUT2D eigenvalue weighted by molar-refractivity contribution is -0.271. The lowest BCUT2D eigenvalue weighted by Crippen LogP contribution is -2.64. The van der Waals surface area contributed by atoms with Gasteiger partial charge in [-0.25, -0.2) is 33.9 Å². The van der Waals surface area contributed by atoms with Crippen LogP contribution in [-0.4, -0.2) is 288 Å². The van der Waals surface area contributed by atoms with Crippen LogP contribution in [0.25, 0.3) is 33.5 Å². The van der Waals surface area contributed by atoms with Crippen molar-refractivity contribution in [3.63, 3.8) is 0 Å². The number of aliphatic carboxylic acids is 2. The number of aromatic nitrogens is 4. The number of imide groups is 1. The summed E-state index contributed by atoms with van der Waals surface area (Å²) >= 11 is 1.37. The van der Waals surface area contributed by atoms with Gasteiger partial charge in [0.05, 0.1) is 53.7 Å². The fourth-order valence-electron chi connectivity index (χ4n) is 19.5. The first-order chi connectivity index (χ1) is 63.5. The molecule has 15 rings (SSSR count). The number of pyridine rings is 1. The summed E-state index contributed by atoms with van der Waals surface area (Å²) in [4.78, 5) is 155. The number of carbonyl (C=O) groups excluding carboxylic acids is 8. The number of aliphatic hydroxyl groups is 6. The predicted octanol–water partition coefficient (Wildman–Crippen LogP) is 5.39. The van der Waals surface area contributed by atoms with Crippen molar-refractivity contribution >= 4 is 122 Å². The summed E-state index contributed by atoms with van der Waals surface area (Å²) in [7, 11) is 3.09. The molecule has 4 saturated carbocycles. The highest BCUT2D eigenvalue weighted by Gasteiger charge is 2.66. The first-order valence-electron chi connectivity index (χ1n) is 43.1. The molecule has 6 fully saturated rings. The Morgan fingerprint density at radius 1 is 0.624 bits per heavy atom. The molecule has 8 amide bonds. The Hall–Kier alpha value is -12.9. The van der Waals surface area contributed by atoms with Crippen molar-refractivity contribution in [1.29, 1.82) is 0 Å². The summed E-state index contributed by atoms with van der Waals surface area (Å²) in [6, 6.07) is 23.0. The zero-order chi connectivity index (χ0) is 95.0. The van der Waals surface area contributed by atoms with Gasteiger partial charge in [0.25, 0.3) is 17.7 Å². The number of rotatable bonds is 38. The molecule has 2 unspecified atom stereocenters. The van der Waals surface area contributed by atoms with Gasteiger partial charge in [0.15, 0.2) is 23.0 Å². The zero-order valence-electron chi connectivity index (χ0n) is 73.2. The Bertz CT molecular complexity index is 5630. The summed E-state index contributed by atoms with van der Waals surface area (Å²) in [5.74, 6) is -7.48. The average molecular weight is 1860 g/mol. The maximum Gasteiger partial charge on any atom is 0.410 e. The van der Waals surface area contributed by atoms with E-state index in [0.29, 0.717) is 70.4 Å². The number of carboxylic acid groups (broad SMARTS) is 3. The van der Waals surface area contributed by atoms with Crippen molar-refractivity contribution in [2.24, 2.45) is 16.2 Å². The van der Waals surface area contributed by atoms with Gasteiger partial charge in [-0.2, -0.15) is 5.10 Å². The number of benzene rings is 4. The van der Waals surface area contributed by atoms with Crippen molar-refractivity contribution in [1.82, 2.24) is 40.2 Å². The minimum absolute atomic E-state index is 0.0956. The normalized spacial score (nSPS) is 25.2. The number of aliphatic hydroxyl groups excluding tert-OH is 6. The molecule has 4 aromatic carbocycles. The van der Waals surface area contributed by atoms with E-state index < -0.39 is 133 Å². The van der Waals surface area contributed by atoms with Crippen LogP contribution in [0.15, 0.2) is 115 Å². The molecule has 3 aromatic heterocycles. The summed E-state index contributed by atoms with van der Waals surface area (Å²) in [6.45, 7) is 7.09. The molecule has 14 N–H and O–H groups in total. The number of carbonyl (C=O) groups is 11. The minimum atomic E-state index is -2.06. The number of thiazole rings is 1. The van der Waals surface area contributed by atoms with Crippen molar-refractivity contribution in [3.05, 3.63) is 155 Å². The number of methoxy groups -OCH3 is 2. The van der Waals surface area contributed by atoms with Gasteiger partial charge in [-0.1, -0.05) is 61.6 Å². The van der Waals surface area contributed by atoms with E-state index in [1.165, 1.54) is 78.0 Å². The maximum absolute atomic E-state index is 14.0. The number of para-hydroxylation sites is 1. The fraction of sp³-hybridized carbons (Fsp3) is 0.451. The number of carboxylic acids is 3. The molecule has 708 valence electrons. The van der Waals surface area contributed by atoms with E-state index >= 15 is 0 Å². The topological polar surface area (TPSA) is 566 Å². The molecule has 12 atom stereocenters. The van der Waals surface area contributed by atoms with Crippen LogP contribution in [0.2, 0.25) is 0 Å². The Morgan fingerprint density at radius 3 is 1.81 bits per heavy atom. The molecule has 0 radical (unpaired) electrons. The minimum Gasteiger partial charge on any atom is -0.496 e. The second-order valence-electron chi connectivity index (χ2n) is 34.7. The maximum atomic E-state index is 14.0. The highest BCUT2D eigenvalue weighted by Crippen LogP contribution is 2.72. The van der Waals surface area contributed by atoms with Gasteiger partial charge in [-0.3, -0.25) is 43.7 Å². The molecule has 7 heterocycles. The van der Waals surface area contributed by atoms with Crippen molar-refractivity contribution in [2.75, 3.05) is 101 Å². The van der Waals surface area contributed by atoms with Crippen LogP contribution in [0.4, 0.5) is 31.9 Å². The number of ether oxygens (including phenoxy) is 9. The average Bonchev–Trinajstić information content (AvgIpc) is 1.34. The number of nitrogens with one attached hydrogen (secondary N) is 5. The highest BCUT2D eigenvalue weighted by molar-refractivity contribution is 7.22. The van der Waals surface area contributed by atoms with Crippen LogP contribution in [-0.2, 0) is 81.5 Å². The van der Waals surface area contributed by atoms with Crippen molar-refractivity contribution in [2.45, 2.75) is 165 Å². The molecule has 4 aliphatic heterocycles. The van der Waals surface area contributed by atoms with Crippen molar-refractivity contribution < 1.29 is 141 Å². The van der Waals surface area contributed by atoms with Crippen LogP contribution < -0.4 is 45.7 Å². The van der Waals surface area contributed by atoms with E-state index in [4.69, 9.17) is 52.7 Å². The van der Waals surface area contributed by atoms with E-state index in [2.05, 4.69) is 45.4 Å². The van der Waals surface area contributed by atoms with Gasteiger partial charge < -0.3 is 120 Å².